The summed E-state index contributed by atoms with van der Waals surface area (Å²) in [5.41, 5.74) is 0.946. The molecule has 2 aromatic carbocycles. The van der Waals surface area contributed by atoms with E-state index >= 15 is 0 Å². The Balaban J connectivity index is 1.93. The Morgan fingerprint density at radius 3 is 2.50 bits per heavy atom. The molecule has 1 aliphatic rings. The van der Waals surface area contributed by atoms with E-state index in [1.165, 1.54) is 0 Å². The fraction of sp³-hybridized carbons (Fsp3) is 0.222. The molecule has 0 saturated carbocycles. The van der Waals surface area contributed by atoms with Crippen LogP contribution in [0.2, 0.25) is 0 Å². The number of carbonyl (C=O) groups excluding carboxylic acids is 2. The van der Waals surface area contributed by atoms with Crippen molar-refractivity contribution in [1.82, 2.24) is 0 Å². The molecule has 0 aromatic heterocycles. The summed E-state index contributed by atoms with van der Waals surface area (Å²) >= 11 is 0. The molecule has 1 aliphatic heterocycles. The molecule has 0 aliphatic carbocycles. The first-order chi connectivity index (χ1) is 11.2. The summed E-state index contributed by atoms with van der Waals surface area (Å²) in [4.78, 5) is 26.2. The van der Waals surface area contributed by atoms with Gasteiger partial charge in [-0.1, -0.05) is 0 Å². The minimum Gasteiger partial charge on any atom is -0.319 e. The summed E-state index contributed by atoms with van der Waals surface area (Å²) in [6.45, 7) is 3.58. The first-order valence-corrected chi connectivity index (χ1v) is 7.41. The van der Waals surface area contributed by atoms with Crippen LogP contribution < -0.4 is 10.2 Å². The average Bonchev–Trinajstić information content (AvgIpc) is 2.71. The molecule has 2 aromatic rings. The van der Waals surface area contributed by atoms with Crippen molar-refractivity contribution >= 4 is 23.2 Å². The van der Waals surface area contributed by atoms with E-state index in [0.717, 1.165) is 23.4 Å². The zero-order valence-corrected chi connectivity index (χ0v) is 13.5. The van der Waals surface area contributed by atoms with Crippen molar-refractivity contribution in [3.05, 3.63) is 59.2 Å². The third kappa shape index (κ3) is 2.44. The van der Waals surface area contributed by atoms with Crippen LogP contribution in [0.4, 0.5) is 20.2 Å². The monoisotopic (exact) mass is 330 g/mol. The standard InChI is InChI=1S/C18H16F2N2O2/c1-18(2)12-8-10(4-7-15(12)22(3)17(18)24)16(23)21-14-6-5-11(19)9-13(14)20/h4-9H,1-3H3,(H,21,23). The van der Waals surface area contributed by atoms with Crippen molar-refractivity contribution in [3.8, 4) is 0 Å². The second-order valence-corrected chi connectivity index (χ2v) is 6.30. The third-order valence-corrected chi connectivity index (χ3v) is 4.31. The molecule has 0 unspecified atom stereocenters. The van der Waals surface area contributed by atoms with Crippen LogP contribution in [-0.2, 0) is 10.2 Å². The van der Waals surface area contributed by atoms with Crippen molar-refractivity contribution < 1.29 is 18.4 Å². The second kappa shape index (κ2) is 5.40. The van der Waals surface area contributed by atoms with Crippen molar-refractivity contribution in [1.29, 1.82) is 0 Å². The number of carbonyl (C=O) groups is 2. The van der Waals surface area contributed by atoms with E-state index in [0.29, 0.717) is 11.6 Å². The normalized spacial score (nSPS) is 15.4. The number of hydrogen-bond donors (Lipinski definition) is 1. The van der Waals surface area contributed by atoms with Gasteiger partial charge < -0.3 is 10.2 Å². The number of anilines is 2. The highest BCUT2D eigenvalue weighted by atomic mass is 19.1. The molecule has 0 atom stereocenters. The van der Waals surface area contributed by atoms with Crippen LogP contribution in [0.25, 0.3) is 0 Å². The molecule has 0 radical (unpaired) electrons. The van der Waals surface area contributed by atoms with Gasteiger partial charge in [-0.15, -0.1) is 0 Å². The molecular formula is C18H16F2N2O2. The summed E-state index contributed by atoms with van der Waals surface area (Å²) in [7, 11) is 1.68. The topological polar surface area (TPSA) is 49.4 Å². The first-order valence-electron chi connectivity index (χ1n) is 7.41. The van der Waals surface area contributed by atoms with Crippen LogP contribution >= 0.6 is 0 Å². The van der Waals surface area contributed by atoms with Crippen LogP contribution in [0.5, 0.6) is 0 Å². The minimum atomic E-state index is -0.847. The van der Waals surface area contributed by atoms with Crippen molar-refractivity contribution in [3.63, 3.8) is 0 Å². The smallest absolute Gasteiger partial charge is 0.255 e. The molecule has 24 heavy (non-hydrogen) atoms. The van der Waals surface area contributed by atoms with Crippen molar-refractivity contribution in [2.75, 3.05) is 17.3 Å². The Labute approximate surface area is 138 Å². The van der Waals surface area contributed by atoms with Crippen LogP contribution in [0, 0.1) is 11.6 Å². The van der Waals surface area contributed by atoms with E-state index in [1.807, 2.05) is 0 Å². The van der Waals surface area contributed by atoms with E-state index in [2.05, 4.69) is 5.32 Å². The SMILES string of the molecule is CN1C(=O)C(C)(C)c2cc(C(=O)Nc3ccc(F)cc3F)ccc21. The van der Waals surface area contributed by atoms with Gasteiger partial charge in [0.25, 0.3) is 5.91 Å². The van der Waals surface area contributed by atoms with Gasteiger partial charge in [-0.25, -0.2) is 8.78 Å². The first kappa shape index (κ1) is 16.1. The largest absolute Gasteiger partial charge is 0.319 e. The van der Waals surface area contributed by atoms with Crippen LogP contribution in [0.1, 0.15) is 29.8 Å². The number of nitrogens with zero attached hydrogens (tertiary/aromatic N) is 1. The van der Waals surface area contributed by atoms with Gasteiger partial charge in [0.1, 0.15) is 11.6 Å². The van der Waals surface area contributed by atoms with Gasteiger partial charge in [-0.2, -0.15) is 0 Å². The minimum absolute atomic E-state index is 0.0559. The molecule has 1 heterocycles. The summed E-state index contributed by atoms with van der Waals surface area (Å²) < 4.78 is 26.6. The molecule has 0 saturated heterocycles. The molecular weight excluding hydrogens is 314 g/mol. The number of rotatable bonds is 2. The van der Waals surface area contributed by atoms with Gasteiger partial charge in [0, 0.05) is 24.4 Å². The summed E-state index contributed by atoms with van der Waals surface area (Å²) in [6.07, 6.45) is 0. The number of likely N-dealkylation sites (N-methyl/N-ethyl adjacent to an activating group) is 1. The summed E-state index contributed by atoms with van der Waals surface area (Å²) in [5, 5.41) is 2.42. The summed E-state index contributed by atoms with van der Waals surface area (Å²) in [6, 6.07) is 7.83. The molecule has 0 bridgehead atoms. The number of halogens is 2. The van der Waals surface area contributed by atoms with Crippen molar-refractivity contribution in [2.24, 2.45) is 0 Å². The van der Waals surface area contributed by atoms with Gasteiger partial charge >= 0.3 is 0 Å². The average molecular weight is 330 g/mol. The second-order valence-electron chi connectivity index (χ2n) is 6.30. The highest BCUT2D eigenvalue weighted by Gasteiger charge is 2.42. The highest BCUT2D eigenvalue weighted by Crippen LogP contribution is 2.41. The molecule has 6 heteroatoms. The number of amides is 2. The Bertz CT molecular complexity index is 862. The fourth-order valence-corrected chi connectivity index (χ4v) is 2.90. The number of benzene rings is 2. The van der Waals surface area contributed by atoms with Crippen molar-refractivity contribution in [2.45, 2.75) is 19.3 Å². The van der Waals surface area contributed by atoms with Crippen LogP contribution in [-0.4, -0.2) is 18.9 Å². The molecule has 0 fully saturated rings. The van der Waals surface area contributed by atoms with E-state index < -0.39 is 23.0 Å². The lowest BCUT2D eigenvalue weighted by molar-refractivity contribution is -0.121. The Hall–Kier alpha value is -2.76. The third-order valence-electron chi connectivity index (χ3n) is 4.31. The molecule has 2 amide bonds. The quantitative estimate of drug-likeness (QED) is 0.916. The maximum atomic E-state index is 13.7. The number of nitrogens with one attached hydrogen (secondary N) is 1. The predicted octanol–water partition coefficient (Wildman–Crippen LogP) is 3.47. The van der Waals surface area contributed by atoms with Crippen LogP contribution in [0.15, 0.2) is 36.4 Å². The maximum Gasteiger partial charge on any atom is 0.255 e. The lowest BCUT2D eigenvalue weighted by atomic mass is 9.85. The molecule has 1 N–H and O–H groups in total. The Morgan fingerprint density at radius 2 is 1.83 bits per heavy atom. The van der Waals surface area contributed by atoms with E-state index in [4.69, 9.17) is 0 Å². The zero-order valence-electron chi connectivity index (χ0n) is 13.5. The lowest BCUT2D eigenvalue weighted by Gasteiger charge is -2.16. The lowest BCUT2D eigenvalue weighted by Crippen LogP contribution is -2.33. The molecule has 0 spiro atoms. The molecule has 4 nitrogen and oxygen atoms in total. The molecule has 124 valence electrons. The van der Waals surface area contributed by atoms with E-state index in [1.54, 1.807) is 44.0 Å². The van der Waals surface area contributed by atoms with E-state index in [9.17, 15) is 18.4 Å². The highest BCUT2D eigenvalue weighted by molar-refractivity contribution is 6.10. The number of fused-ring (bicyclic) bond motifs is 1. The number of hydrogen-bond acceptors (Lipinski definition) is 2. The van der Waals surface area contributed by atoms with Gasteiger partial charge in [0.05, 0.1) is 11.1 Å². The van der Waals surface area contributed by atoms with Crippen LogP contribution in [0.3, 0.4) is 0 Å². The van der Waals surface area contributed by atoms with Gasteiger partial charge in [0.15, 0.2) is 0 Å². The van der Waals surface area contributed by atoms with Gasteiger partial charge in [-0.3, -0.25) is 9.59 Å². The maximum absolute atomic E-state index is 13.7. The fourth-order valence-electron chi connectivity index (χ4n) is 2.90. The Kier molecular flexibility index (Phi) is 3.63. The zero-order chi connectivity index (χ0) is 17.6. The van der Waals surface area contributed by atoms with Gasteiger partial charge in [0.2, 0.25) is 5.91 Å². The van der Waals surface area contributed by atoms with E-state index in [-0.39, 0.29) is 11.6 Å². The predicted molar refractivity (Wildman–Crippen MR) is 87.2 cm³/mol. The van der Waals surface area contributed by atoms with Gasteiger partial charge in [-0.05, 0) is 49.7 Å². The molecule has 3 rings (SSSR count). The summed E-state index contributed by atoms with van der Waals surface area (Å²) in [5.74, 6) is -2.15. The Morgan fingerprint density at radius 1 is 1.12 bits per heavy atom.